The zero-order valence-electron chi connectivity index (χ0n) is 21.1. The zero-order valence-corrected chi connectivity index (χ0v) is 21.9. The fourth-order valence-corrected chi connectivity index (χ4v) is 9.09. The molecule has 4 aliphatic carbocycles. The van der Waals surface area contributed by atoms with Crippen LogP contribution in [0.3, 0.4) is 0 Å². The molecule has 0 aromatic carbocycles. The Bertz CT molecular complexity index is 641. The van der Waals surface area contributed by atoms with Crippen LogP contribution in [0.2, 0.25) is 0 Å². The molecule has 8 atom stereocenters. The Morgan fingerprint density at radius 1 is 1.03 bits per heavy atom. The van der Waals surface area contributed by atoms with E-state index in [1.165, 1.54) is 64.2 Å². The molecule has 0 aliphatic heterocycles. The molecule has 178 valence electrons. The fraction of sp³-hybridized carbons (Fsp3) is 0.931. The first kappa shape index (κ1) is 24.1. The van der Waals surface area contributed by atoms with Gasteiger partial charge in [0.05, 0.1) is 12.7 Å². The maximum absolute atomic E-state index is 6.06. The van der Waals surface area contributed by atoms with Gasteiger partial charge in [-0.3, -0.25) is 0 Å². The van der Waals surface area contributed by atoms with Crippen molar-refractivity contribution in [3.05, 3.63) is 11.6 Å². The standard InChI is InChI=1S/C29H49ClO/c1-20(2)7-6-8-21(3)25-11-12-26-24-10-9-22-19-23(31-18-17-30)13-15-28(22,4)27(24)14-16-29(25,26)5/h9,20-21,23-27H,6-8,10-19H2,1-5H3/t21-,23+,24?,25-,26?,27?,28+,29-/m1/s1. The van der Waals surface area contributed by atoms with Crippen LogP contribution in [0.25, 0.3) is 0 Å². The highest BCUT2D eigenvalue weighted by molar-refractivity contribution is 6.17. The number of allylic oxidation sites excluding steroid dienone is 1. The van der Waals surface area contributed by atoms with E-state index in [-0.39, 0.29) is 0 Å². The van der Waals surface area contributed by atoms with Gasteiger partial charge in [-0.1, -0.05) is 65.5 Å². The van der Waals surface area contributed by atoms with Crippen LogP contribution in [-0.4, -0.2) is 18.6 Å². The Morgan fingerprint density at radius 2 is 1.84 bits per heavy atom. The van der Waals surface area contributed by atoms with E-state index in [0.29, 0.717) is 29.4 Å². The molecule has 0 heterocycles. The molecular weight excluding hydrogens is 400 g/mol. The molecular formula is C29H49ClO. The smallest absolute Gasteiger partial charge is 0.0613 e. The second-order valence-corrected chi connectivity index (χ2v) is 13.1. The highest BCUT2D eigenvalue weighted by Gasteiger charge is 2.59. The maximum atomic E-state index is 6.06. The molecule has 1 nitrogen and oxygen atoms in total. The van der Waals surface area contributed by atoms with Gasteiger partial charge in [0, 0.05) is 5.88 Å². The SMILES string of the molecule is CC(C)CCC[C@@H](C)[C@H]1CCC2C3CC=C4C[C@@H](OCCCl)CC[C@]4(C)C3CC[C@@]21C. The van der Waals surface area contributed by atoms with Crippen LogP contribution in [0.4, 0.5) is 0 Å². The van der Waals surface area contributed by atoms with E-state index in [1.807, 2.05) is 0 Å². The van der Waals surface area contributed by atoms with Crippen molar-refractivity contribution < 1.29 is 4.74 Å². The molecule has 3 unspecified atom stereocenters. The van der Waals surface area contributed by atoms with E-state index in [2.05, 4.69) is 40.7 Å². The summed E-state index contributed by atoms with van der Waals surface area (Å²) in [5.41, 5.74) is 2.77. The summed E-state index contributed by atoms with van der Waals surface area (Å²) in [5.74, 6) is 6.15. The van der Waals surface area contributed by atoms with Crippen molar-refractivity contribution >= 4 is 11.6 Å². The number of fused-ring (bicyclic) bond motifs is 5. The first-order chi connectivity index (χ1) is 14.8. The highest BCUT2D eigenvalue weighted by Crippen LogP contribution is 2.67. The predicted octanol–water partition coefficient (Wildman–Crippen LogP) is 8.65. The molecule has 0 saturated heterocycles. The summed E-state index contributed by atoms with van der Waals surface area (Å²) in [4.78, 5) is 0. The first-order valence-electron chi connectivity index (χ1n) is 13.7. The minimum absolute atomic E-state index is 0.408. The molecule has 0 radical (unpaired) electrons. The number of ether oxygens (including phenoxy) is 1. The number of alkyl halides is 1. The van der Waals surface area contributed by atoms with Gasteiger partial charge in [-0.25, -0.2) is 0 Å². The average molecular weight is 449 g/mol. The molecule has 31 heavy (non-hydrogen) atoms. The monoisotopic (exact) mass is 448 g/mol. The zero-order chi connectivity index (χ0) is 22.2. The van der Waals surface area contributed by atoms with Gasteiger partial charge in [0.1, 0.15) is 0 Å². The van der Waals surface area contributed by atoms with Crippen LogP contribution in [0.15, 0.2) is 11.6 Å². The van der Waals surface area contributed by atoms with Crippen molar-refractivity contribution in [2.75, 3.05) is 12.5 Å². The van der Waals surface area contributed by atoms with Crippen LogP contribution in [0.1, 0.15) is 105 Å². The van der Waals surface area contributed by atoms with Crippen molar-refractivity contribution in [2.45, 2.75) is 111 Å². The minimum Gasteiger partial charge on any atom is -0.377 e. The third kappa shape index (κ3) is 4.53. The van der Waals surface area contributed by atoms with E-state index in [0.717, 1.165) is 41.9 Å². The van der Waals surface area contributed by atoms with Crippen molar-refractivity contribution in [3.63, 3.8) is 0 Å². The Labute approximate surface area is 198 Å². The molecule has 0 amide bonds. The van der Waals surface area contributed by atoms with Gasteiger partial charge >= 0.3 is 0 Å². The number of hydrogen-bond acceptors (Lipinski definition) is 1. The van der Waals surface area contributed by atoms with Gasteiger partial charge in [0.15, 0.2) is 0 Å². The quantitative estimate of drug-likeness (QED) is 0.266. The Hall–Kier alpha value is -0.0100. The van der Waals surface area contributed by atoms with Crippen molar-refractivity contribution in [1.29, 1.82) is 0 Å². The maximum Gasteiger partial charge on any atom is 0.0613 e. The van der Waals surface area contributed by atoms with Crippen molar-refractivity contribution in [1.82, 2.24) is 0 Å². The van der Waals surface area contributed by atoms with E-state index in [9.17, 15) is 0 Å². The lowest BCUT2D eigenvalue weighted by Gasteiger charge is -2.58. The summed E-state index contributed by atoms with van der Waals surface area (Å²) in [6, 6.07) is 0. The average Bonchev–Trinajstić information content (AvgIpc) is 3.09. The Morgan fingerprint density at radius 3 is 2.58 bits per heavy atom. The van der Waals surface area contributed by atoms with Crippen LogP contribution in [0.5, 0.6) is 0 Å². The summed E-state index contributed by atoms with van der Waals surface area (Å²) >= 11 is 5.88. The van der Waals surface area contributed by atoms with E-state index in [4.69, 9.17) is 16.3 Å². The van der Waals surface area contributed by atoms with Gasteiger partial charge in [-0.15, -0.1) is 11.6 Å². The number of rotatable bonds is 8. The van der Waals surface area contributed by atoms with Gasteiger partial charge in [0.2, 0.25) is 0 Å². The molecule has 2 heteroatoms. The third-order valence-electron chi connectivity index (χ3n) is 10.7. The third-order valence-corrected chi connectivity index (χ3v) is 10.8. The van der Waals surface area contributed by atoms with Crippen molar-refractivity contribution in [3.8, 4) is 0 Å². The highest BCUT2D eigenvalue weighted by atomic mass is 35.5. The minimum atomic E-state index is 0.408. The first-order valence-corrected chi connectivity index (χ1v) is 14.2. The van der Waals surface area contributed by atoms with E-state index < -0.39 is 0 Å². The lowest BCUT2D eigenvalue weighted by molar-refractivity contribution is -0.0629. The van der Waals surface area contributed by atoms with Crippen LogP contribution >= 0.6 is 11.6 Å². The molecule has 0 aromatic heterocycles. The molecule has 0 spiro atoms. The number of hydrogen-bond donors (Lipinski definition) is 0. The Balaban J connectivity index is 1.45. The summed E-state index contributed by atoms with van der Waals surface area (Å²) in [6.45, 7) is 13.4. The van der Waals surface area contributed by atoms with Crippen LogP contribution in [-0.2, 0) is 4.74 Å². The fourth-order valence-electron chi connectivity index (χ4n) is 9.01. The van der Waals surface area contributed by atoms with Crippen LogP contribution in [0, 0.1) is 46.3 Å². The van der Waals surface area contributed by atoms with Gasteiger partial charge < -0.3 is 4.74 Å². The predicted molar refractivity (Wildman–Crippen MR) is 134 cm³/mol. The molecule has 0 aromatic rings. The van der Waals surface area contributed by atoms with E-state index in [1.54, 1.807) is 5.57 Å². The van der Waals surface area contributed by atoms with Gasteiger partial charge in [0.25, 0.3) is 0 Å². The van der Waals surface area contributed by atoms with E-state index >= 15 is 0 Å². The topological polar surface area (TPSA) is 9.23 Å². The summed E-state index contributed by atoms with van der Waals surface area (Å²) < 4.78 is 6.06. The summed E-state index contributed by atoms with van der Waals surface area (Å²) in [5, 5.41) is 0. The molecule has 3 saturated carbocycles. The normalized spacial score (nSPS) is 43.2. The second-order valence-electron chi connectivity index (χ2n) is 12.7. The lowest BCUT2D eigenvalue weighted by Crippen LogP contribution is -2.51. The largest absolute Gasteiger partial charge is 0.377 e. The van der Waals surface area contributed by atoms with Gasteiger partial charge in [-0.05, 0) is 97.7 Å². The lowest BCUT2D eigenvalue weighted by atomic mass is 9.47. The summed E-state index contributed by atoms with van der Waals surface area (Å²) in [6.07, 6.45) is 18.4. The number of halogens is 1. The molecule has 3 fully saturated rings. The molecule has 4 rings (SSSR count). The van der Waals surface area contributed by atoms with Gasteiger partial charge in [-0.2, -0.15) is 0 Å². The van der Waals surface area contributed by atoms with Crippen molar-refractivity contribution in [2.24, 2.45) is 46.3 Å². The Kier molecular flexibility index (Phi) is 7.54. The second kappa shape index (κ2) is 9.69. The summed E-state index contributed by atoms with van der Waals surface area (Å²) in [7, 11) is 0. The molecule has 0 bridgehead atoms. The molecule has 0 N–H and O–H groups in total. The molecule has 4 aliphatic rings. The van der Waals surface area contributed by atoms with Crippen LogP contribution < -0.4 is 0 Å².